The predicted molar refractivity (Wildman–Crippen MR) is 83.5 cm³/mol. The van der Waals surface area contributed by atoms with Crippen LogP contribution in [0.2, 0.25) is 0 Å². The first-order chi connectivity index (χ1) is 8.89. The molecule has 0 spiro atoms. The van der Waals surface area contributed by atoms with Crippen LogP contribution in [0.1, 0.15) is 65.7 Å². The fourth-order valence-corrected chi connectivity index (χ4v) is 3.78. The zero-order chi connectivity index (χ0) is 13.9. The number of rotatable bonds is 6. The van der Waals surface area contributed by atoms with E-state index in [1.165, 1.54) is 64.6 Å². The Balaban J connectivity index is 1.88. The summed E-state index contributed by atoms with van der Waals surface area (Å²) in [5, 5.41) is 3.81. The maximum atomic E-state index is 3.81. The van der Waals surface area contributed by atoms with Crippen molar-refractivity contribution in [1.82, 2.24) is 10.2 Å². The van der Waals surface area contributed by atoms with Gasteiger partial charge in [-0.3, -0.25) is 0 Å². The molecule has 0 aromatic heterocycles. The first-order valence-electron chi connectivity index (χ1n) is 8.31. The van der Waals surface area contributed by atoms with Crippen molar-refractivity contribution in [3.8, 4) is 0 Å². The third kappa shape index (κ3) is 5.43. The molecule has 0 atom stereocenters. The normalized spacial score (nSPS) is 23.8. The summed E-state index contributed by atoms with van der Waals surface area (Å²) in [7, 11) is 2.32. The molecule has 0 saturated heterocycles. The molecule has 0 heterocycles. The smallest absolute Gasteiger partial charge is 0.00684 e. The number of hydrogen-bond acceptors (Lipinski definition) is 2. The molecule has 0 bridgehead atoms. The second kappa shape index (κ2) is 6.13. The van der Waals surface area contributed by atoms with E-state index in [4.69, 9.17) is 0 Å². The molecule has 0 aromatic carbocycles. The van der Waals surface area contributed by atoms with E-state index in [0.717, 1.165) is 6.04 Å². The molecule has 112 valence electrons. The van der Waals surface area contributed by atoms with E-state index < -0.39 is 0 Å². The zero-order valence-corrected chi connectivity index (χ0v) is 13.6. The third-order valence-electron chi connectivity index (χ3n) is 4.61. The van der Waals surface area contributed by atoms with Gasteiger partial charge in [-0.1, -0.05) is 40.0 Å². The van der Waals surface area contributed by atoms with Crippen molar-refractivity contribution in [3.05, 3.63) is 0 Å². The molecule has 2 fully saturated rings. The maximum absolute atomic E-state index is 3.81. The van der Waals surface area contributed by atoms with E-state index in [2.05, 4.69) is 38.0 Å². The first kappa shape index (κ1) is 15.3. The minimum atomic E-state index is 0.411. The summed E-state index contributed by atoms with van der Waals surface area (Å²) in [6.45, 7) is 10.8. The van der Waals surface area contributed by atoms with E-state index in [-0.39, 0.29) is 0 Å². The Morgan fingerprint density at radius 1 is 1.11 bits per heavy atom. The quantitative estimate of drug-likeness (QED) is 0.789. The lowest BCUT2D eigenvalue weighted by Crippen LogP contribution is -2.46. The van der Waals surface area contributed by atoms with Crippen LogP contribution in [0.3, 0.4) is 0 Å². The summed E-state index contributed by atoms with van der Waals surface area (Å²) >= 11 is 0. The second-order valence-corrected chi connectivity index (χ2v) is 8.45. The third-order valence-corrected chi connectivity index (χ3v) is 4.61. The van der Waals surface area contributed by atoms with Crippen LogP contribution in [0, 0.1) is 10.8 Å². The first-order valence-corrected chi connectivity index (χ1v) is 8.31. The van der Waals surface area contributed by atoms with Gasteiger partial charge in [0.15, 0.2) is 0 Å². The molecular weight excluding hydrogens is 232 g/mol. The van der Waals surface area contributed by atoms with Crippen LogP contribution in [0.5, 0.6) is 0 Å². The second-order valence-electron chi connectivity index (χ2n) is 8.45. The highest BCUT2D eigenvalue weighted by atomic mass is 15.1. The van der Waals surface area contributed by atoms with Crippen molar-refractivity contribution in [1.29, 1.82) is 0 Å². The van der Waals surface area contributed by atoms with E-state index in [1.807, 2.05) is 0 Å². The van der Waals surface area contributed by atoms with E-state index >= 15 is 0 Å². The molecule has 2 aliphatic carbocycles. The Labute approximate surface area is 120 Å². The predicted octanol–water partition coefficient (Wildman–Crippen LogP) is 3.67. The molecule has 2 nitrogen and oxygen atoms in total. The average Bonchev–Trinajstić information content (AvgIpc) is 3.08. The zero-order valence-electron chi connectivity index (χ0n) is 13.6. The van der Waals surface area contributed by atoms with Crippen LogP contribution < -0.4 is 5.32 Å². The van der Waals surface area contributed by atoms with E-state index in [1.54, 1.807) is 0 Å². The number of nitrogens with one attached hydrogen (secondary N) is 1. The lowest BCUT2D eigenvalue weighted by molar-refractivity contribution is 0.0971. The average molecular weight is 266 g/mol. The van der Waals surface area contributed by atoms with Gasteiger partial charge in [0, 0.05) is 25.7 Å². The molecular formula is C17H34N2. The SMILES string of the molecule is CN(CC(C)(C)C)CC1(CNC2CC2)CCCCC1. The van der Waals surface area contributed by atoms with Gasteiger partial charge in [-0.2, -0.15) is 0 Å². The van der Waals surface area contributed by atoms with Gasteiger partial charge < -0.3 is 10.2 Å². The van der Waals surface area contributed by atoms with Crippen molar-refractivity contribution in [3.63, 3.8) is 0 Å². The Morgan fingerprint density at radius 3 is 2.26 bits per heavy atom. The molecule has 2 rings (SSSR count). The molecule has 0 aromatic rings. The molecule has 2 aliphatic rings. The largest absolute Gasteiger partial charge is 0.313 e. The Bertz CT molecular complexity index is 269. The van der Waals surface area contributed by atoms with E-state index in [0.29, 0.717) is 10.8 Å². The summed E-state index contributed by atoms with van der Waals surface area (Å²) in [5.74, 6) is 0. The van der Waals surface area contributed by atoms with Gasteiger partial charge in [-0.05, 0) is 43.6 Å². The van der Waals surface area contributed by atoms with Gasteiger partial charge in [0.1, 0.15) is 0 Å². The molecule has 0 unspecified atom stereocenters. The van der Waals surface area contributed by atoms with Crippen LogP contribution in [-0.2, 0) is 0 Å². The number of nitrogens with zero attached hydrogens (tertiary/aromatic N) is 1. The van der Waals surface area contributed by atoms with Crippen LogP contribution in [-0.4, -0.2) is 37.6 Å². The van der Waals surface area contributed by atoms with Gasteiger partial charge in [0.25, 0.3) is 0 Å². The fourth-order valence-electron chi connectivity index (χ4n) is 3.78. The van der Waals surface area contributed by atoms with Crippen LogP contribution in [0.25, 0.3) is 0 Å². The summed E-state index contributed by atoms with van der Waals surface area (Å²) in [6.07, 6.45) is 10.0. The minimum Gasteiger partial charge on any atom is -0.313 e. The highest BCUT2D eigenvalue weighted by molar-refractivity contribution is 4.91. The van der Waals surface area contributed by atoms with Crippen LogP contribution in [0.4, 0.5) is 0 Å². The Morgan fingerprint density at radius 2 is 1.74 bits per heavy atom. The number of hydrogen-bond donors (Lipinski definition) is 1. The lowest BCUT2D eigenvalue weighted by atomic mass is 9.73. The van der Waals surface area contributed by atoms with Crippen molar-refractivity contribution in [2.75, 3.05) is 26.7 Å². The maximum Gasteiger partial charge on any atom is 0.00684 e. The van der Waals surface area contributed by atoms with Gasteiger partial charge in [0.2, 0.25) is 0 Å². The van der Waals surface area contributed by atoms with Gasteiger partial charge in [-0.15, -0.1) is 0 Å². The highest BCUT2D eigenvalue weighted by Crippen LogP contribution is 2.37. The standard InChI is InChI=1S/C17H34N2/c1-16(2,3)13-19(4)14-17(10-6-5-7-11-17)12-18-15-8-9-15/h15,18H,5-14H2,1-4H3. The van der Waals surface area contributed by atoms with Crippen LogP contribution in [0.15, 0.2) is 0 Å². The van der Waals surface area contributed by atoms with Gasteiger partial charge >= 0.3 is 0 Å². The Hall–Kier alpha value is -0.0800. The van der Waals surface area contributed by atoms with Crippen molar-refractivity contribution in [2.24, 2.45) is 10.8 Å². The topological polar surface area (TPSA) is 15.3 Å². The molecule has 0 aliphatic heterocycles. The molecule has 1 N–H and O–H groups in total. The summed E-state index contributed by atoms with van der Waals surface area (Å²) < 4.78 is 0. The van der Waals surface area contributed by atoms with Crippen molar-refractivity contribution >= 4 is 0 Å². The lowest BCUT2D eigenvalue weighted by Gasteiger charge is -2.42. The summed E-state index contributed by atoms with van der Waals surface area (Å²) in [4.78, 5) is 2.58. The van der Waals surface area contributed by atoms with Crippen molar-refractivity contribution in [2.45, 2.75) is 71.8 Å². The molecule has 0 amide bonds. The van der Waals surface area contributed by atoms with Crippen LogP contribution >= 0.6 is 0 Å². The molecule has 0 radical (unpaired) electrons. The molecule has 2 saturated carbocycles. The van der Waals surface area contributed by atoms with Crippen molar-refractivity contribution < 1.29 is 0 Å². The van der Waals surface area contributed by atoms with Gasteiger partial charge in [0.05, 0.1) is 0 Å². The highest BCUT2D eigenvalue weighted by Gasteiger charge is 2.35. The Kier molecular flexibility index (Phi) is 4.94. The monoisotopic (exact) mass is 266 g/mol. The fraction of sp³-hybridized carbons (Fsp3) is 1.00. The summed E-state index contributed by atoms with van der Waals surface area (Å²) in [6, 6.07) is 0.853. The molecule has 19 heavy (non-hydrogen) atoms. The summed E-state index contributed by atoms with van der Waals surface area (Å²) in [5.41, 5.74) is 0.968. The molecule has 2 heteroatoms. The van der Waals surface area contributed by atoms with E-state index in [9.17, 15) is 0 Å². The minimum absolute atomic E-state index is 0.411. The van der Waals surface area contributed by atoms with Gasteiger partial charge in [-0.25, -0.2) is 0 Å².